The maximum Gasteiger partial charge on any atom is 0.249 e. The number of fused-ring (bicyclic) bond motifs is 1. The summed E-state index contributed by atoms with van der Waals surface area (Å²) in [5, 5.41) is 1.70. The second-order valence-corrected chi connectivity index (χ2v) is 12.6. The second-order valence-electron chi connectivity index (χ2n) is 5.67. The Bertz CT molecular complexity index is 949. The van der Waals surface area contributed by atoms with Crippen LogP contribution in [-0.2, 0) is 0 Å². The monoisotopic (exact) mass is 557 g/mol. The molecule has 3 nitrogen and oxygen atoms in total. The number of benzene rings is 2. The molecule has 0 saturated carbocycles. The van der Waals surface area contributed by atoms with Crippen molar-refractivity contribution in [3.63, 3.8) is 0 Å². The predicted octanol–water partition coefficient (Wildman–Crippen LogP) is 7.89. The van der Waals surface area contributed by atoms with Crippen LogP contribution < -0.4 is 4.90 Å². The summed E-state index contributed by atoms with van der Waals surface area (Å²) in [6.07, 6.45) is -1.22. The lowest BCUT2D eigenvalue weighted by atomic mass is 10.1. The molecule has 2 aromatic rings. The molecule has 0 saturated heterocycles. The van der Waals surface area contributed by atoms with E-state index in [-0.39, 0.29) is 11.7 Å². The number of hydrogen-bond acceptors (Lipinski definition) is 3. The number of amidine groups is 2. The Labute approximate surface area is 206 Å². The molecule has 0 spiro atoms. The van der Waals surface area contributed by atoms with Gasteiger partial charge in [-0.2, -0.15) is 0 Å². The third-order valence-corrected chi connectivity index (χ3v) is 5.35. The van der Waals surface area contributed by atoms with Crippen LogP contribution in [0.3, 0.4) is 0 Å². The number of aliphatic imine (C=N–C) groups is 2. The zero-order chi connectivity index (χ0) is 20.9. The number of halogens is 9. The first-order valence-corrected chi connectivity index (χ1v) is 10.8. The maximum absolute atomic E-state index is 6.21. The summed E-state index contributed by atoms with van der Waals surface area (Å²) in [5.41, 5.74) is 0.548. The van der Waals surface area contributed by atoms with E-state index in [0.29, 0.717) is 5.69 Å². The fourth-order valence-corrected chi connectivity index (χ4v) is 3.81. The zero-order valence-electron chi connectivity index (χ0n) is 13.4. The van der Waals surface area contributed by atoms with Gasteiger partial charge in [0, 0.05) is 5.39 Å². The lowest BCUT2D eigenvalue weighted by Crippen LogP contribution is -2.54. The summed E-state index contributed by atoms with van der Waals surface area (Å²) in [6.45, 7) is 0. The average molecular weight is 561 g/mol. The minimum Gasteiger partial charge on any atom is -0.299 e. The highest BCUT2D eigenvalue weighted by Crippen LogP contribution is 2.45. The van der Waals surface area contributed by atoms with Gasteiger partial charge in [0.1, 0.15) is 0 Å². The van der Waals surface area contributed by atoms with Gasteiger partial charge in [0.15, 0.2) is 17.8 Å². The fraction of sp³-hybridized carbons (Fsp3) is 0.250. The van der Waals surface area contributed by atoms with Crippen LogP contribution in [0.2, 0.25) is 0 Å². The van der Waals surface area contributed by atoms with Crippen molar-refractivity contribution in [3.8, 4) is 0 Å². The Morgan fingerprint density at radius 2 is 1.36 bits per heavy atom. The molecule has 2 aromatic carbocycles. The minimum atomic E-state index is -2.04. The third kappa shape index (κ3) is 4.85. The highest BCUT2D eigenvalue weighted by molar-refractivity contribution is 6.80. The predicted molar refractivity (Wildman–Crippen MR) is 126 cm³/mol. The van der Waals surface area contributed by atoms with E-state index < -0.39 is 17.5 Å². The number of hydrogen-bond donors (Lipinski definition) is 0. The molecule has 1 aliphatic heterocycles. The van der Waals surface area contributed by atoms with Gasteiger partial charge in [0.05, 0.1) is 5.69 Å². The van der Waals surface area contributed by atoms with E-state index in [1.54, 1.807) is 12.1 Å². The van der Waals surface area contributed by atoms with Crippen LogP contribution in [0.5, 0.6) is 0 Å². The van der Waals surface area contributed by atoms with Gasteiger partial charge < -0.3 is 0 Å². The van der Waals surface area contributed by atoms with E-state index >= 15 is 0 Å². The van der Waals surface area contributed by atoms with Gasteiger partial charge in [-0.05, 0) is 11.5 Å². The topological polar surface area (TPSA) is 28.0 Å². The largest absolute Gasteiger partial charge is 0.299 e. The standard InChI is InChI=1S/C16H8Cl9N3/c17-14(18,19)11-26-12(15(20,21)22)28(13(27-11)16(23,24)25)10-7-3-5-8-4-1-2-6-9(8)10/h1-7,12H. The van der Waals surface area contributed by atoms with Gasteiger partial charge in [0.25, 0.3) is 0 Å². The number of anilines is 1. The smallest absolute Gasteiger partial charge is 0.249 e. The van der Waals surface area contributed by atoms with E-state index in [0.717, 1.165) is 10.8 Å². The lowest BCUT2D eigenvalue weighted by Gasteiger charge is -2.41. The normalized spacial score (nSPS) is 18.9. The SMILES string of the molecule is ClC(Cl)(Cl)C1=NC(C(Cl)(Cl)Cl)N(c2cccc3ccccc23)C(C(Cl)(Cl)Cl)=N1. The first-order chi connectivity index (χ1) is 12.8. The van der Waals surface area contributed by atoms with Crippen molar-refractivity contribution in [2.24, 2.45) is 9.98 Å². The first-order valence-electron chi connectivity index (χ1n) is 7.45. The van der Waals surface area contributed by atoms with Crippen molar-refractivity contribution in [2.45, 2.75) is 17.5 Å². The summed E-state index contributed by atoms with van der Waals surface area (Å²) in [5.74, 6) is -0.395. The molecule has 0 N–H and O–H groups in total. The molecule has 0 radical (unpaired) electrons. The Morgan fingerprint density at radius 1 is 0.750 bits per heavy atom. The van der Waals surface area contributed by atoms with E-state index in [1.807, 2.05) is 30.3 Å². The molecule has 0 amide bonds. The fourth-order valence-electron chi connectivity index (χ4n) is 2.69. The maximum atomic E-state index is 6.21. The molecule has 3 rings (SSSR count). The molecular formula is C16H8Cl9N3. The molecule has 0 bridgehead atoms. The molecule has 150 valence electrons. The van der Waals surface area contributed by atoms with Crippen molar-refractivity contribution in [1.29, 1.82) is 0 Å². The van der Waals surface area contributed by atoms with E-state index in [1.165, 1.54) is 4.90 Å². The van der Waals surface area contributed by atoms with Crippen molar-refractivity contribution in [2.75, 3.05) is 4.90 Å². The average Bonchev–Trinajstić information content (AvgIpc) is 2.58. The quantitative estimate of drug-likeness (QED) is 0.326. The Morgan fingerprint density at radius 3 is 1.93 bits per heavy atom. The highest BCUT2D eigenvalue weighted by Gasteiger charge is 2.49. The van der Waals surface area contributed by atoms with Gasteiger partial charge in [-0.15, -0.1) is 0 Å². The van der Waals surface area contributed by atoms with Crippen molar-refractivity contribution < 1.29 is 0 Å². The van der Waals surface area contributed by atoms with Crippen LogP contribution in [0.4, 0.5) is 5.69 Å². The zero-order valence-corrected chi connectivity index (χ0v) is 20.2. The van der Waals surface area contributed by atoms with E-state index in [2.05, 4.69) is 9.98 Å². The molecule has 0 fully saturated rings. The van der Waals surface area contributed by atoms with Gasteiger partial charge in [0.2, 0.25) is 11.4 Å². The van der Waals surface area contributed by atoms with Crippen LogP contribution in [-0.4, -0.2) is 29.2 Å². The van der Waals surface area contributed by atoms with Crippen LogP contribution in [0.1, 0.15) is 0 Å². The number of rotatable bonds is 1. The Kier molecular flexibility index (Phi) is 6.76. The van der Waals surface area contributed by atoms with Crippen molar-refractivity contribution in [1.82, 2.24) is 0 Å². The Hall–Kier alpha value is 0.450. The molecule has 1 atom stereocenters. The summed E-state index contributed by atoms with van der Waals surface area (Å²) in [4.78, 5) is 9.84. The summed E-state index contributed by atoms with van der Waals surface area (Å²) >= 11 is 55.0. The molecule has 1 aliphatic rings. The van der Waals surface area contributed by atoms with Crippen LogP contribution in [0.25, 0.3) is 10.8 Å². The van der Waals surface area contributed by atoms with Crippen molar-refractivity contribution in [3.05, 3.63) is 42.5 Å². The third-order valence-electron chi connectivity index (χ3n) is 3.76. The molecule has 0 aliphatic carbocycles. The Balaban J connectivity index is 2.32. The summed E-state index contributed by atoms with van der Waals surface area (Å²) < 4.78 is -6.04. The summed E-state index contributed by atoms with van der Waals surface area (Å²) in [6, 6.07) is 13.0. The van der Waals surface area contributed by atoms with Gasteiger partial charge in [-0.1, -0.05) is 141 Å². The van der Waals surface area contributed by atoms with Gasteiger partial charge >= 0.3 is 0 Å². The van der Waals surface area contributed by atoms with E-state index in [9.17, 15) is 0 Å². The first kappa shape index (κ1) is 23.1. The molecule has 0 aromatic heterocycles. The van der Waals surface area contributed by atoms with Crippen LogP contribution >= 0.6 is 104 Å². The second kappa shape index (κ2) is 8.18. The lowest BCUT2D eigenvalue weighted by molar-refractivity contribution is 0.698. The van der Waals surface area contributed by atoms with Crippen molar-refractivity contribution >= 4 is 133 Å². The van der Waals surface area contributed by atoms with Crippen LogP contribution in [0, 0.1) is 0 Å². The van der Waals surface area contributed by atoms with Gasteiger partial charge in [-0.3, -0.25) is 4.90 Å². The summed E-state index contributed by atoms with van der Waals surface area (Å²) in [7, 11) is 0. The molecule has 1 unspecified atom stereocenters. The molecule has 1 heterocycles. The molecular weight excluding hydrogens is 553 g/mol. The highest BCUT2D eigenvalue weighted by atomic mass is 35.6. The molecule has 12 heteroatoms. The molecule has 28 heavy (non-hydrogen) atoms. The van der Waals surface area contributed by atoms with Crippen LogP contribution in [0.15, 0.2) is 52.4 Å². The van der Waals surface area contributed by atoms with Gasteiger partial charge in [-0.25, -0.2) is 9.98 Å². The number of alkyl halides is 9. The number of nitrogens with zero attached hydrogens (tertiary/aromatic N) is 3. The minimum absolute atomic E-state index is 0.124. The van der Waals surface area contributed by atoms with E-state index in [4.69, 9.17) is 104 Å².